The van der Waals surface area contributed by atoms with Gasteiger partial charge < -0.3 is 14.9 Å². The van der Waals surface area contributed by atoms with E-state index in [9.17, 15) is 0 Å². The SMILES string of the molecule is CC(=NCc1ccc2ccccc2c1)c1ccc(-n2c3ccccc3c3cc(-c4ccc5c(c4)c4ccccc4n5-c4ccccc4)ccc32)cc1.NCc1ccccc1. The van der Waals surface area contributed by atoms with Gasteiger partial charge in [-0.1, -0.05) is 146 Å². The second-order valence-electron chi connectivity index (χ2n) is 15.3. The highest BCUT2D eigenvalue weighted by Gasteiger charge is 2.16. The average molecular weight is 773 g/mol. The molecule has 0 aliphatic rings. The van der Waals surface area contributed by atoms with Gasteiger partial charge in [0.1, 0.15) is 0 Å². The van der Waals surface area contributed by atoms with Crippen molar-refractivity contribution in [3.8, 4) is 22.5 Å². The molecule has 2 heterocycles. The molecule has 288 valence electrons. The summed E-state index contributed by atoms with van der Waals surface area (Å²) in [7, 11) is 0. The van der Waals surface area contributed by atoms with Gasteiger partial charge in [-0.25, -0.2) is 0 Å². The Kier molecular flexibility index (Phi) is 9.82. The third-order valence-electron chi connectivity index (χ3n) is 11.6. The summed E-state index contributed by atoms with van der Waals surface area (Å²) >= 11 is 0. The van der Waals surface area contributed by atoms with E-state index in [1.807, 2.05) is 30.3 Å². The van der Waals surface area contributed by atoms with Gasteiger partial charge in [0.05, 0.1) is 28.6 Å². The van der Waals surface area contributed by atoms with Crippen LogP contribution in [0.4, 0.5) is 0 Å². The first-order chi connectivity index (χ1) is 29.6. The Labute approximate surface area is 350 Å². The Morgan fingerprint density at radius 3 is 1.50 bits per heavy atom. The number of nitrogens with two attached hydrogens (primary N) is 1. The lowest BCUT2D eigenvalue weighted by molar-refractivity contribution is 1.07. The van der Waals surface area contributed by atoms with Gasteiger partial charge in [0.25, 0.3) is 0 Å². The number of hydrogen-bond donors (Lipinski definition) is 1. The summed E-state index contributed by atoms with van der Waals surface area (Å²) in [5.41, 5.74) is 19.5. The van der Waals surface area contributed by atoms with Crippen LogP contribution in [0.5, 0.6) is 0 Å². The van der Waals surface area contributed by atoms with Gasteiger partial charge in [0, 0.05) is 45.2 Å². The smallest absolute Gasteiger partial charge is 0.0643 e. The fourth-order valence-electron chi connectivity index (χ4n) is 8.54. The summed E-state index contributed by atoms with van der Waals surface area (Å²) in [5.74, 6) is 0. The summed E-state index contributed by atoms with van der Waals surface area (Å²) in [5, 5.41) is 7.53. The standard InChI is InChI=1S/C49H35N3.C7H9N/c1-33(50-32-34-19-20-36-11-5-6-12-37(36)29-34)35-21-25-41(26-22-35)52-47-18-10-8-16-43(47)45-31-39(24-28-49(45)52)38-23-27-48-44(30-38)42-15-7-9-17-46(42)51(48)40-13-3-2-4-14-40;8-6-7-4-2-1-3-5-7/h2-31H,32H2,1H3;1-5H,6,8H2. The minimum Gasteiger partial charge on any atom is -0.326 e. The molecule has 0 radical (unpaired) electrons. The molecule has 4 nitrogen and oxygen atoms in total. The molecule has 60 heavy (non-hydrogen) atoms. The van der Waals surface area contributed by atoms with Crippen LogP contribution in [-0.4, -0.2) is 14.8 Å². The van der Waals surface area contributed by atoms with Gasteiger partial charge in [0.15, 0.2) is 0 Å². The fraction of sp³-hybridized carbons (Fsp3) is 0.0536. The zero-order chi connectivity index (χ0) is 40.4. The van der Waals surface area contributed by atoms with Crippen LogP contribution in [0.15, 0.2) is 217 Å². The Hall–Kier alpha value is -7.53. The molecule has 0 unspecified atom stereocenters. The van der Waals surface area contributed by atoms with Crippen molar-refractivity contribution in [1.29, 1.82) is 0 Å². The first-order valence-corrected chi connectivity index (χ1v) is 20.6. The summed E-state index contributed by atoms with van der Waals surface area (Å²) < 4.78 is 4.76. The minimum atomic E-state index is 0.640. The molecular formula is C56H44N4. The largest absolute Gasteiger partial charge is 0.326 e. The minimum absolute atomic E-state index is 0.640. The highest BCUT2D eigenvalue weighted by atomic mass is 15.0. The highest BCUT2D eigenvalue weighted by Crippen LogP contribution is 2.38. The maximum atomic E-state index is 5.35. The van der Waals surface area contributed by atoms with Crippen LogP contribution in [0.2, 0.25) is 0 Å². The zero-order valence-corrected chi connectivity index (χ0v) is 33.5. The number of benzene rings is 9. The summed E-state index contributed by atoms with van der Waals surface area (Å²) in [6.45, 7) is 3.41. The van der Waals surface area contributed by atoms with Crippen LogP contribution in [0.1, 0.15) is 23.6 Å². The van der Waals surface area contributed by atoms with Crippen molar-refractivity contribution >= 4 is 60.1 Å². The number of fused-ring (bicyclic) bond motifs is 7. The molecule has 0 aliphatic heterocycles. The number of nitrogens with zero attached hydrogens (tertiary/aromatic N) is 3. The molecule has 0 bridgehead atoms. The van der Waals surface area contributed by atoms with Crippen molar-refractivity contribution in [2.24, 2.45) is 10.7 Å². The van der Waals surface area contributed by atoms with Crippen molar-refractivity contribution in [3.05, 3.63) is 229 Å². The Morgan fingerprint density at radius 1 is 0.417 bits per heavy atom. The molecular weight excluding hydrogens is 729 g/mol. The predicted molar refractivity (Wildman–Crippen MR) is 255 cm³/mol. The number of aromatic nitrogens is 2. The van der Waals surface area contributed by atoms with Gasteiger partial charge in [-0.05, 0) is 112 Å². The van der Waals surface area contributed by atoms with Gasteiger partial charge in [-0.2, -0.15) is 0 Å². The number of para-hydroxylation sites is 3. The van der Waals surface area contributed by atoms with Crippen LogP contribution >= 0.6 is 0 Å². The fourth-order valence-corrected chi connectivity index (χ4v) is 8.54. The van der Waals surface area contributed by atoms with E-state index in [1.165, 1.54) is 82.3 Å². The van der Waals surface area contributed by atoms with Gasteiger partial charge in [-0.15, -0.1) is 0 Å². The first-order valence-electron chi connectivity index (χ1n) is 20.6. The summed E-state index contributed by atoms with van der Waals surface area (Å²) in [6, 6.07) is 75.8. The van der Waals surface area contributed by atoms with E-state index in [2.05, 4.69) is 198 Å². The van der Waals surface area contributed by atoms with Crippen molar-refractivity contribution in [2.75, 3.05) is 0 Å². The predicted octanol–water partition coefficient (Wildman–Crippen LogP) is 13.9. The van der Waals surface area contributed by atoms with E-state index in [-0.39, 0.29) is 0 Å². The molecule has 9 aromatic carbocycles. The zero-order valence-electron chi connectivity index (χ0n) is 33.5. The summed E-state index contributed by atoms with van der Waals surface area (Å²) in [6.07, 6.45) is 0. The van der Waals surface area contributed by atoms with E-state index in [0.717, 1.165) is 17.0 Å². The molecule has 0 atom stereocenters. The van der Waals surface area contributed by atoms with E-state index in [4.69, 9.17) is 10.7 Å². The molecule has 2 N–H and O–H groups in total. The van der Waals surface area contributed by atoms with Crippen LogP contribution in [0, 0.1) is 0 Å². The van der Waals surface area contributed by atoms with Crippen molar-refractivity contribution < 1.29 is 0 Å². The lowest BCUT2D eigenvalue weighted by atomic mass is 10.0. The van der Waals surface area contributed by atoms with Gasteiger partial charge in [0.2, 0.25) is 0 Å². The van der Waals surface area contributed by atoms with Crippen molar-refractivity contribution in [2.45, 2.75) is 20.0 Å². The third kappa shape index (κ3) is 6.93. The molecule has 0 amide bonds. The lowest BCUT2D eigenvalue weighted by Gasteiger charge is -2.10. The molecule has 11 aromatic rings. The maximum absolute atomic E-state index is 5.35. The van der Waals surface area contributed by atoms with E-state index < -0.39 is 0 Å². The number of hydrogen-bond acceptors (Lipinski definition) is 2. The number of aliphatic imine (C=N–C) groups is 1. The molecule has 0 spiro atoms. The molecule has 11 rings (SSSR count). The normalized spacial score (nSPS) is 11.7. The van der Waals surface area contributed by atoms with E-state index >= 15 is 0 Å². The topological polar surface area (TPSA) is 48.2 Å². The molecule has 2 aromatic heterocycles. The third-order valence-corrected chi connectivity index (χ3v) is 11.6. The molecule has 0 fully saturated rings. The Bertz CT molecular complexity index is 3320. The lowest BCUT2D eigenvalue weighted by Crippen LogP contribution is -1.98. The van der Waals surface area contributed by atoms with E-state index in [1.54, 1.807) is 0 Å². The van der Waals surface area contributed by atoms with Crippen LogP contribution in [0.3, 0.4) is 0 Å². The second-order valence-corrected chi connectivity index (χ2v) is 15.3. The monoisotopic (exact) mass is 772 g/mol. The Morgan fingerprint density at radius 2 is 0.917 bits per heavy atom. The second kappa shape index (κ2) is 16.0. The van der Waals surface area contributed by atoms with Crippen LogP contribution in [0.25, 0.3) is 76.9 Å². The van der Waals surface area contributed by atoms with Crippen LogP contribution in [-0.2, 0) is 13.1 Å². The maximum Gasteiger partial charge on any atom is 0.0643 e. The molecule has 0 saturated heterocycles. The first kappa shape index (κ1) is 36.8. The molecule has 4 heteroatoms. The highest BCUT2D eigenvalue weighted by molar-refractivity contribution is 6.12. The summed E-state index contributed by atoms with van der Waals surface area (Å²) in [4.78, 5) is 4.96. The molecule has 0 aliphatic carbocycles. The number of rotatable bonds is 7. The molecule has 0 saturated carbocycles. The van der Waals surface area contributed by atoms with E-state index in [0.29, 0.717) is 13.1 Å². The van der Waals surface area contributed by atoms with Crippen molar-refractivity contribution in [1.82, 2.24) is 9.13 Å². The van der Waals surface area contributed by atoms with Gasteiger partial charge in [-0.3, -0.25) is 4.99 Å². The van der Waals surface area contributed by atoms with Crippen LogP contribution < -0.4 is 5.73 Å². The van der Waals surface area contributed by atoms with Crippen molar-refractivity contribution in [3.63, 3.8) is 0 Å². The quantitative estimate of drug-likeness (QED) is 0.161. The average Bonchev–Trinajstić information content (AvgIpc) is 3.83. The Balaban J connectivity index is 0.000000488. The van der Waals surface area contributed by atoms with Gasteiger partial charge >= 0.3 is 0 Å².